The summed E-state index contributed by atoms with van der Waals surface area (Å²) in [6.45, 7) is 0. The molecule has 0 radical (unpaired) electrons. The zero-order valence-corrected chi connectivity index (χ0v) is 26.2. The minimum Gasteiger partial charge on any atom is -0.456 e. The van der Waals surface area contributed by atoms with Gasteiger partial charge >= 0.3 is 0 Å². The van der Waals surface area contributed by atoms with Crippen LogP contribution < -0.4 is 4.90 Å². The molecule has 0 unspecified atom stereocenters. The largest absolute Gasteiger partial charge is 0.456 e. The summed E-state index contributed by atoms with van der Waals surface area (Å²) in [5, 5.41) is 10.0. The zero-order chi connectivity index (χ0) is 30.9. The third-order valence-corrected chi connectivity index (χ3v) is 10.6. The van der Waals surface area contributed by atoms with Crippen LogP contribution in [0, 0.1) is 0 Å². The van der Waals surface area contributed by atoms with Crippen LogP contribution in [0.4, 0.5) is 17.1 Å². The van der Waals surface area contributed by atoms with Gasteiger partial charge in [0.1, 0.15) is 11.2 Å². The highest BCUT2D eigenvalue weighted by molar-refractivity contribution is 7.27. The molecular weight excluding hydrogens is 591 g/mol. The maximum atomic E-state index is 6.48. The lowest BCUT2D eigenvalue weighted by molar-refractivity contribution is 0.669. The van der Waals surface area contributed by atoms with Crippen molar-refractivity contribution in [2.24, 2.45) is 0 Å². The number of thiophene rings is 1. The fourth-order valence-corrected chi connectivity index (χ4v) is 8.55. The molecule has 0 amide bonds. The van der Waals surface area contributed by atoms with Gasteiger partial charge in [0.2, 0.25) is 0 Å². The van der Waals surface area contributed by atoms with Gasteiger partial charge in [-0.05, 0) is 93.3 Å². The second-order valence-corrected chi connectivity index (χ2v) is 13.2. The molecule has 0 N–H and O–H groups in total. The molecular formula is C44H27NOS. The standard InChI is InChI=1S/C44H27NOS/c1-2-12-31(13-3-1)45(32-20-17-30(18-21-32)35-16-8-11-28-9-4-6-14-34(28)35)33-22-24-39-38(27-33)43-40(46-39)25-23-37-42-36-15-7-5-10-29(36)19-26-41(42)47-44(37)43/h1-27H. The summed E-state index contributed by atoms with van der Waals surface area (Å²) >= 11 is 1.86. The molecule has 0 saturated carbocycles. The predicted octanol–water partition coefficient (Wildman–Crippen LogP) is 13.4. The molecule has 0 saturated heterocycles. The van der Waals surface area contributed by atoms with Gasteiger partial charge in [-0.1, -0.05) is 103 Å². The SMILES string of the molecule is c1ccc(N(c2ccc(-c3cccc4ccccc34)cc2)c2ccc3oc4ccc5c(sc6ccc7ccccc7c65)c4c3c2)cc1. The van der Waals surface area contributed by atoms with Crippen LogP contribution in [0.15, 0.2) is 168 Å². The van der Waals surface area contributed by atoms with Gasteiger partial charge in [0.25, 0.3) is 0 Å². The summed E-state index contributed by atoms with van der Waals surface area (Å²) in [5.74, 6) is 0. The van der Waals surface area contributed by atoms with Gasteiger partial charge in [-0.3, -0.25) is 0 Å². The van der Waals surface area contributed by atoms with Crippen molar-refractivity contribution in [1.82, 2.24) is 0 Å². The summed E-state index contributed by atoms with van der Waals surface area (Å²) in [5.41, 5.74) is 7.57. The molecule has 220 valence electrons. The first-order chi connectivity index (χ1) is 23.3. The Kier molecular flexibility index (Phi) is 5.78. The Morgan fingerprint density at radius 1 is 0.426 bits per heavy atom. The molecule has 10 rings (SSSR count). The molecule has 0 aliphatic heterocycles. The van der Waals surface area contributed by atoms with E-state index in [1.165, 1.54) is 58.2 Å². The van der Waals surface area contributed by atoms with Gasteiger partial charge in [-0.2, -0.15) is 0 Å². The Hall–Kier alpha value is -5.90. The molecule has 0 aliphatic carbocycles. The van der Waals surface area contributed by atoms with Crippen molar-refractivity contribution in [2.75, 3.05) is 4.90 Å². The first kappa shape index (κ1) is 26.3. The van der Waals surface area contributed by atoms with Crippen LogP contribution in [-0.4, -0.2) is 0 Å². The summed E-state index contributed by atoms with van der Waals surface area (Å²) in [6.07, 6.45) is 0. The highest BCUT2D eigenvalue weighted by Crippen LogP contribution is 2.46. The van der Waals surface area contributed by atoms with E-state index in [-0.39, 0.29) is 0 Å². The van der Waals surface area contributed by atoms with E-state index in [2.05, 4.69) is 169 Å². The molecule has 0 spiro atoms. The second kappa shape index (κ2) is 10.3. The number of benzene rings is 8. The van der Waals surface area contributed by atoms with E-state index < -0.39 is 0 Å². The molecule has 0 aliphatic rings. The summed E-state index contributed by atoms with van der Waals surface area (Å²) < 4.78 is 9.05. The number of hydrogen-bond acceptors (Lipinski definition) is 3. The minimum absolute atomic E-state index is 0.901. The van der Waals surface area contributed by atoms with Crippen LogP contribution >= 0.6 is 11.3 Å². The van der Waals surface area contributed by atoms with E-state index in [0.29, 0.717) is 0 Å². The van der Waals surface area contributed by atoms with E-state index in [0.717, 1.165) is 33.6 Å². The van der Waals surface area contributed by atoms with E-state index in [1.54, 1.807) is 0 Å². The average Bonchev–Trinajstić information content (AvgIpc) is 3.71. The molecule has 8 aromatic carbocycles. The number of anilines is 3. The van der Waals surface area contributed by atoms with Crippen LogP contribution in [-0.2, 0) is 0 Å². The Morgan fingerprint density at radius 3 is 1.96 bits per heavy atom. The lowest BCUT2D eigenvalue weighted by atomic mass is 9.98. The average molecular weight is 618 g/mol. The van der Waals surface area contributed by atoms with Crippen molar-refractivity contribution in [1.29, 1.82) is 0 Å². The van der Waals surface area contributed by atoms with Crippen LogP contribution in [0.2, 0.25) is 0 Å². The number of hydrogen-bond donors (Lipinski definition) is 0. The van der Waals surface area contributed by atoms with Gasteiger partial charge in [0.15, 0.2) is 0 Å². The lowest BCUT2D eigenvalue weighted by Crippen LogP contribution is -2.09. The third kappa shape index (κ3) is 4.10. The summed E-state index contributed by atoms with van der Waals surface area (Å²) in [4.78, 5) is 2.34. The summed E-state index contributed by atoms with van der Waals surface area (Å²) in [6, 6.07) is 58.8. The van der Waals surface area contributed by atoms with Gasteiger partial charge in [0, 0.05) is 48.0 Å². The van der Waals surface area contributed by atoms with Crippen molar-refractivity contribution in [3.8, 4) is 11.1 Å². The Morgan fingerprint density at radius 2 is 1.11 bits per heavy atom. The van der Waals surface area contributed by atoms with Crippen LogP contribution in [0.5, 0.6) is 0 Å². The number of para-hydroxylation sites is 1. The lowest BCUT2D eigenvalue weighted by Gasteiger charge is -2.25. The number of rotatable bonds is 4. The van der Waals surface area contributed by atoms with E-state index >= 15 is 0 Å². The molecule has 0 atom stereocenters. The number of fused-ring (bicyclic) bond motifs is 10. The molecule has 2 nitrogen and oxygen atoms in total. The molecule has 10 aromatic rings. The van der Waals surface area contributed by atoms with Crippen LogP contribution in [0.1, 0.15) is 0 Å². The van der Waals surface area contributed by atoms with Gasteiger partial charge < -0.3 is 9.32 Å². The highest BCUT2D eigenvalue weighted by atomic mass is 32.1. The Bertz CT molecular complexity index is 2790. The maximum Gasteiger partial charge on any atom is 0.136 e. The monoisotopic (exact) mass is 617 g/mol. The summed E-state index contributed by atoms with van der Waals surface area (Å²) in [7, 11) is 0. The van der Waals surface area contributed by atoms with Gasteiger partial charge in [-0.25, -0.2) is 0 Å². The van der Waals surface area contributed by atoms with E-state index in [4.69, 9.17) is 4.42 Å². The zero-order valence-electron chi connectivity index (χ0n) is 25.4. The van der Waals surface area contributed by atoms with Crippen LogP contribution in [0.25, 0.3) is 74.8 Å². The number of nitrogens with zero attached hydrogens (tertiary/aromatic N) is 1. The molecule has 2 aromatic heterocycles. The van der Waals surface area contributed by atoms with Gasteiger partial charge in [0.05, 0.1) is 0 Å². The highest BCUT2D eigenvalue weighted by Gasteiger charge is 2.19. The molecule has 47 heavy (non-hydrogen) atoms. The number of furan rings is 1. The topological polar surface area (TPSA) is 16.4 Å². The van der Waals surface area contributed by atoms with Gasteiger partial charge in [-0.15, -0.1) is 11.3 Å². The smallest absolute Gasteiger partial charge is 0.136 e. The maximum absolute atomic E-state index is 6.48. The fourth-order valence-electron chi connectivity index (χ4n) is 7.28. The van der Waals surface area contributed by atoms with Crippen molar-refractivity contribution in [2.45, 2.75) is 0 Å². The second-order valence-electron chi connectivity index (χ2n) is 12.1. The van der Waals surface area contributed by atoms with E-state index in [1.807, 2.05) is 11.3 Å². The first-order valence-electron chi connectivity index (χ1n) is 15.9. The van der Waals surface area contributed by atoms with Crippen molar-refractivity contribution in [3.63, 3.8) is 0 Å². The van der Waals surface area contributed by atoms with E-state index in [9.17, 15) is 0 Å². The Balaban J connectivity index is 1.16. The Labute approximate surface area is 275 Å². The fraction of sp³-hybridized carbons (Fsp3) is 0. The third-order valence-electron chi connectivity index (χ3n) is 9.44. The quantitative estimate of drug-likeness (QED) is 0.195. The molecule has 0 bridgehead atoms. The van der Waals surface area contributed by atoms with Crippen molar-refractivity contribution < 1.29 is 4.42 Å². The van der Waals surface area contributed by atoms with Crippen molar-refractivity contribution >= 4 is 92.1 Å². The van der Waals surface area contributed by atoms with Crippen molar-refractivity contribution in [3.05, 3.63) is 164 Å². The normalized spacial score (nSPS) is 11.8. The minimum atomic E-state index is 0.901. The molecule has 2 heterocycles. The predicted molar refractivity (Wildman–Crippen MR) is 202 cm³/mol. The molecule has 3 heteroatoms. The van der Waals surface area contributed by atoms with Crippen LogP contribution in [0.3, 0.4) is 0 Å². The first-order valence-corrected chi connectivity index (χ1v) is 16.7. The molecule has 0 fully saturated rings.